The molecule has 19 heavy (non-hydrogen) atoms. The van der Waals surface area contributed by atoms with Crippen LogP contribution in [0.2, 0.25) is 0 Å². The van der Waals surface area contributed by atoms with Crippen molar-refractivity contribution in [2.45, 2.75) is 32.4 Å². The number of ether oxygens (including phenoxy) is 1. The summed E-state index contributed by atoms with van der Waals surface area (Å²) >= 11 is 0. The average molecular weight is 263 g/mol. The maximum Gasteiger partial charge on any atom is 0.267 e. The first-order chi connectivity index (χ1) is 8.81. The van der Waals surface area contributed by atoms with Gasteiger partial charge in [-0.05, 0) is 39.0 Å². The number of hydrogen-bond donors (Lipinski definition) is 2. The summed E-state index contributed by atoms with van der Waals surface area (Å²) in [5, 5.41) is 3.06. The lowest BCUT2D eigenvalue weighted by atomic mass is 10.0. The number of hydrogen-bond acceptors (Lipinski definition) is 4. The molecule has 0 saturated carbocycles. The monoisotopic (exact) mass is 263 g/mol. The minimum absolute atomic E-state index is 0.0562. The maximum atomic E-state index is 12.3. The number of benzene rings is 1. The highest BCUT2D eigenvalue weighted by molar-refractivity contribution is 6.00. The SMILES string of the molecule is CNc1ccc2c(c1)N(CC(C)(C)N)C(=O)C(C)O2. The van der Waals surface area contributed by atoms with Crippen LogP contribution in [0.25, 0.3) is 0 Å². The molecule has 1 aliphatic heterocycles. The van der Waals surface area contributed by atoms with Gasteiger partial charge in [0.05, 0.1) is 5.69 Å². The van der Waals surface area contributed by atoms with E-state index >= 15 is 0 Å². The molecular formula is C14H21N3O2. The fourth-order valence-electron chi connectivity index (χ4n) is 2.13. The predicted molar refractivity (Wildman–Crippen MR) is 76.7 cm³/mol. The van der Waals surface area contributed by atoms with E-state index in [1.807, 2.05) is 39.1 Å². The van der Waals surface area contributed by atoms with E-state index in [1.165, 1.54) is 0 Å². The molecule has 3 N–H and O–H groups in total. The van der Waals surface area contributed by atoms with Crippen molar-refractivity contribution in [2.75, 3.05) is 23.8 Å². The molecular weight excluding hydrogens is 242 g/mol. The molecule has 0 aromatic heterocycles. The molecule has 0 radical (unpaired) electrons. The largest absolute Gasteiger partial charge is 0.479 e. The van der Waals surface area contributed by atoms with Crippen molar-refractivity contribution in [3.63, 3.8) is 0 Å². The molecule has 0 saturated heterocycles. The third kappa shape index (κ3) is 2.81. The van der Waals surface area contributed by atoms with Gasteiger partial charge in [0, 0.05) is 24.8 Å². The van der Waals surface area contributed by atoms with E-state index < -0.39 is 11.6 Å². The van der Waals surface area contributed by atoms with E-state index in [4.69, 9.17) is 10.5 Å². The molecule has 104 valence electrons. The standard InChI is InChI=1S/C14H21N3O2/c1-9-13(18)17(8-14(2,3)15)11-7-10(16-4)5-6-12(11)19-9/h5-7,9,16H,8,15H2,1-4H3. The van der Waals surface area contributed by atoms with Gasteiger partial charge in [-0.1, -0.05) is 0 Å². The Hall–Kier alpha value is -1.75. The number of nitrogens with two attached hydrogens (primary N) is 1. The maximum absolute atomic E-state index is 12.3. The third-order valence-electron chi connectivity index (χ3n) is 3.02. The zero-order valence-corrected chi connectivity index (χ0v) is 11.9. The Morgan fingerprint density at radius 1 is 1.47 bits per heavy atom. The number of rotatable bonds is 3. The Kier molecular flexibility index (Phi) is 3.41. The van der Waals surface area contributed by atoms with Gasteiger partial charge in [-0.25, -0.2) is 0 Å². The molecule has 1 aromatic carbocycles. The number of amides is 1. The van der Waals surface area contributed by atoms with Gasteiger partial charge in [-0.15, -0.1) is 0 Å². The van der Waals surface area contributed by atoms with Crippen LogP contribution in [0.5, 0.6) is 5.75 Å². The van der Waals surface area contributed by atoms with Crippen LogP contribution in [0.3, 0.4) is 0 Å². The van der Waals surface area contributed by atoms with Crippen molar-refractivity contribution in [3.05, 3.63) is 18.2 Å². The zero-order chi connectivity index (χ0) is 14.2. The van der Waals surface area contributed by atoms with Gasteiger partial charge in [0.15, 0.2) is 6.10 Å². The fourth-order valence-corrected chi connectivity index (χ4v) is 2.13. The Labute approximate surface area is 113 Å². The number of anilines is 2. The van der Waals surface area contributed by atoms with E-state index in [1.54, 1.807) is 11.8 Å². The molecule has 1 atom stereocenters. The van der Waals surface area contributed by atoms with E-state index in [9.17, 15) is 4.79 Å². The summed E-state index contributed by atoms with van der Waals surface area (Å²) in [7, 11) is 1.84. The average Bonchev–Trinajstić information content (AvgIpc) is 2.33. The van der Waals surface area contributed by atoms with Crippen LogP contribution in [-0.2, 0) is 4.79 Å². The van der Waals surface area contributed by atoms with E-state index in [0.717, 1.165) is 17.1 Å². The predicted octanol–water partition coefficient (Wildman–Crippen LogP) is 1.58. The lowest BCUT2D eigenvalue weighted by Gasteiger charge is -2.36. The molecule has 1 aromatic rings. The van der Waals surface area contributed by atoms with Crippen molar-refractivity contribution < 1.29 is 9.53 Å². The molecule has 0 spiro atoms. The van der Waals surface area contributed by atoms with Crippen LogP contribution in [0.15, 0.2) is 18.2 Å². The molecule has 1 amide bonds. The first-order valence-corrected chi connectivity index (χ1v) is 6.40. The van der Waals surface area contributed by atoms with Crippen molar-refractivity contribution >= 4 is 17.3 Å². The summed E-state index contributed by atoms with van der Waals surface area (Å²) in [6, 6.07) is 5.71. The summed E-state index contributed by atoms with van der Waals surface area (Å²) in [5.74, 6) is 0.662. The second kappa shape index (κ2) is 4.74. The van der Waals surface area contributed by atoms with Gasteiger partial charge in [0.2, 0.25) is 0 Å². The number of nitrogens with one attached hydrogen (secondary N) is 1. The van der Waals surface area contributed by atoms with Gasteiger partial charge in [0.25, 0.3) is 5.91 Å². The summed E-state index contributed by atoms with van der Waals surface area (Å²) in [4.78, 5) is 14.0. The molecule has 1 aliphatic rings. The van der Waals surface area contributed by atoms with Gasteiger partial charge in [0.1, 0.15) is 5.75 Å². The molecule has 5 heteroatoms. The van der Waals surface area contributed by atoms with Crippen molar-refractivity contribution in [1.29, 1.82) is 0 Å². The Bertz CT molecular complexity index is 494. The molecule has 2 rings (SSSR count). The van der Waals surface area contributed by atoms with Crippen LogP contribution in [0.4, 0.5) is 11.4 Å². The molecule has 0 aliphatic carbocycles. The number of fused-ring (bicyclic) bond motifs is 1. The Morgan fingerprint density at radius 3 is 2.74 bits per heavy atom. The number of carbonyl (C=O) groups is 1. The van der Waals surface area contributed by atoms with Crippen LogP contribution in [0.1, 0.15) is 20.8 Å². The quantitative estimate of drug-likeness (QED) is 0.869. The first-order valence-electron chi connectivity index (χ1n) is 6.40. The fraction of sp³-hybridized carbons (Fsp3) is 0.500. The van der Waals surface area contributed by atoms with E-state index in [0.29, 0.717) is 6.54 Å². The van der Waals surface area contributed by atoms with E-state index in [-0.39, 0.29) is 5.91 Å². The van der Waals surface area contributed by atoms with Crippen LogP contribution < -0.4 is 20.7 Å². The molecule has 1 unspecified atom stereocenters. The summed E-state index contributed by atoms with van der Waals surface area (Å²) < 4.78 is 5.63. The highest BCUT2D eigenvalue weighted by atomic mass is 16.5. The van der Waals surface area contributed by atoms with Gasteiger partial charge < -0.3 is 20.7 Å². The Morgan fingerprint density at radius 2 is 2.16 bits per heavy atom. The van der Waals surface area contributed by atoms with Crippen molar-refractivity contribution in [1.82, 2.24) is 0 Å². The smallest absolute Gasteiger partial charge is 0.267 e. The van der Waals surface area contributed by atoms with Crippen LogP contribution in [-0.4, -0.2) is 31.1 Å². The lowest BCUT2D eigenvalue weighted by molar-refractivity contribution is -0.125. The number of carbonyl (C=O) groups excluding carboxylic acids is 1. The highest BCUT2D eigenvalue weighted by Gasteiger charge is 2.34. The minimum Gasteiger partial charge on any atom is -0.479 e. The van der Waals surface area contributed by atoms with Gasteiger partial charge in [-0.2, -0.15) is 0 Å². The molecule has 5 nitrogen and oxygen atoms in total. The van der Waals surface area contributed by atoms with Crippen molar-refractivity contribution in [2.24, 2.45) is 5.73 Å². The minimum atomic E-state index is -0.477. The Balaban J connectivity index is 2.44. The lowest BCUT2D eigenvalue weighted by Crippen LogP contribution is -2.53. The van der Waals surface area contributed by atoms with Crippen LogP contribution in [0, 0.1) is 0 Å². The summed E-state index contributed by atoms with van der Waals surface area (Å²) in [6.45, 7) is 6.03. The van der Waals surface area contributed by atoms with E-state index in [2.05, 4.69) is 5.32 Å². The normalized spacial score (nSPS) is 18.9. The third-order valence-corrected chi connectivity index (χ3v) is 3.02. The second-order valence-electron chi connectivity index (χ2n) is 5.61. The molecule has 0 bridgehead atoms. The molecule has 0 fully saturated rings. The highest BCUT2D eigenvalue weighted by Crippen LogP contribution is 2.36. The van der Waals surface area contributed by atoms with Crippen LogP contribution >= 0.6 is 0 Å². The first kappa shape index (κ1) is 13.7. The van der Waals surface area contributed by atoms with Crippen molar-refractivity contribution in [3.8, 4) is 5.75 Å². The summed E-state index contributed by atoms with van der Waals surface area (Å²) in [5.41, 5.74) is 7.30. The summed E-state index contributed by atoms with van der Waals surface area (Å²) in [6.07, 6.45) is -0.477. The zero-order valence-electron chi connectivity index (χ0n) is 11.9. The second-order valence-corrected chi connectivity index (χ2v) is 5.61. The van der Waals surface area contributed by atoms with Gasteiger partial charge in [-0.3, -0.25) is 4.79 Å². The number of nitrogens with zero attached hydrogens (tertiary/aromatic N) is 1. The van der Waals surface area contributed by atoms with Gasteiger partial charge >= 0.3 is 0 Å². The topological polar surface area (TPSA) is 67.6 Å². The molecule has 1 heterocycles.